The van der Waals surface area contributed by atoms with Crippen molar-refractivity contribution in [1.82, 2.24) is 0 Å². The van der Waals surface area contributed by atoms with Gasteiger partial charge in [0, 0.05) is 17.7 Å². The Hall–Kier alpha value is -4.33. The number of carbonyl (C=O) groups is 2. The maximum absolute atomic E-state index is 13.2. The van der Waals surface area contributed by atoms with Crippen LogP contribution in [0.1, 0.15) is 18.1 Å². The first-order valence-electron chi connectivity index (χ1n) is 13.8. The first-order valence-corrected chi connectivity index (χ1v) is 13.8. The number of aliphatic hydroxyl groups excluding tert-OH is 5. The van der Waals surface area contributed by atoms with E-state index in [9.17, 15) is 55.2 Å². The lowest BCUT2D eigenvalue weighted by atomic mass is 9.89. The van der Waals surface area contributed by atoms with Gasteiger partial charge in [-0.15, -0.1) is 0 Å². The third kappa shape index (κ3) is 6.48. The van der Waals surface area contributed by atoms with Crippen LogP contribution in [-0.4, -0.2) is 120 Å². The number of aromatic hydroxyl groups is 3. The Bertz CT molecular complexity index is 1650. The zero-order valence-electron chi connectivity index (χ0n) is 23.6. The van der Waals surface area contributed by atoms with Crippen molar-refractivity contribution in [3.63, 3.8) is 0 Å². The van der Waals surface area contributed by atoms with Crippen molar-refractivity contribution in [2.75, 3.05) is 13.2 Å². The summed E-state index contributed by atoms with van der Waals surface area (Å²) in [5, 5.41) is 92.4. The lowest BCUT2D eigenvalue weighted by Crippen LogP contribution is -2.60. The number of hydrogen-bond donors (Lipinski definition) is 9. The van der Waals surface area contributed by atoms with Crippen LogP contribution in [0.15, 0.2) is 45.6 Å². The maximum atomic E-state index is 13.2. The first kappa shape index (κ1) is 33.0. The Balaban J connectivity index is 1.62. The van der Waals surface area contributed by atoms with E-state index in [1.54, 1.807) is 0 Å². The van der Waals surface area contributed by atoms with Crippen LogP contribution in [0.4, 0.5) is 0 Å². The molecule has 0 unspecified atom stereocenters. The molecule has 3 heterocycles. The zero-order valence-corrected chi connectivity index (χ0v) is 23.6. The predicted octanol–water partition coefficient (Wildman–Crippen LogP) is -1.42. The van der Waals surface area contributed by atoms with Gasteiger partial charge in [-0.2, -0.15) is 0 Å². The summed E-state index contributed by atoms with van der Waals surface area (Å²) in [7, 11) is 0. The van der Waals surface area contributed by atoms with E-state index >= 15 is 0 Å². The number of esters is 1. The van der Waals surface area contributed by atoms with Crippen molar-refractivity contribution < 1.29 is 78.9 Å². The molecule has 2 fully saturated rings. The second-order valence-electron chi connectivity index (χ2n) is 10.7. The minimum absolute atomic E-state index is 0.0918. The van der Waals surface area contributed by atoms with Gasteiger partial charge < -0.3 is 69.3 Å². The summed E-state index contributed by atoms with van der Waals surface area (Å²) in [6, 6.07) is 7.25. The van der Waals surface area contributed by atoms with E-state index in [0.717, 1.165) is 12.1 Å². The topological polar surface area (TPSA) is 283 Å². The summed E-state index contributed by atoms with van der Waals surface area (Å²) in [5.74, 6) is -4.37. The average Bonchev–Trinajstić information content (AvgIpc) is 2.99. The molecule has 0 spiro atoms. The normalized spacial score (nSPS) is 29.8. The molecule has 9 atom stereocenters. The van der Waals surface area contributed by atoms with E-state index in [4.69, 9.17) is 28.5 Å². The SMILES string of the molecule is O=C(O)CC(=O)OC[C@H]1O[C@@H](c2c(O)cc(O)c3c(=O)cc(-c4ccc(O)cc4)oc23)[C@H](O[C@@H]2OC[C@@H](O)[C@H](O)[C@H]2O)[C@@H](O)[C@@H]1O. The predicted molar refractivity (Wildman–Crippen MR) is 148 cm³/mol. The monoisotopic (exact) mass is 650 g/mol. The van der Waals surface area contributed by atoms with Crippen LogP contribution in [-0.2, 0) is 28.5 Å². The number of carbonyl (C=O) groups excluding carboxylic acids is 1. The van der Waals surface area contributed by atoms with Gasteiger partial charge in [0.05, 0.1) is 12.2 Å². The highest BCUT2D eigenvalue weighted by Crippen LogP contribution is 2.45. The number of carboxylic acid groups (broad SMARTS) is 1. The molecular formula is C29H30O17. The molecule has 1 aromatic heterocycles. The Morgan fingerprint density at radius 3 is 2.26 bits per heavy atom. The number of ether oxygens (including phenoxy) is 4. The lowest BCUT2D eigenvalue weighted by Gasteiger charge is -2.45. The minimum Gasteiger partial charge on any atom is -0.508 e. The summed E-state index contributed by atoms with van der Waals surface area (Å²) in [6.45, 7) is -1.32. The Morgan fingerprint density at radius 2 is 1.59 bits per heavy atom. The van der Waals surface area contributed by atoms with Crippen molar-refractivity contribution in [3.8, 4) is 28.6 Å². The molecule has 2 aliphatic heterocycles. The van der Waals surface area contributed by atoms with Gasteiger partial charge in [-0.3, -0.25) is 14.4 Å². The van der Waals surface area contributed by atoms with E-state index < -0.39 is 120 Å². The molecule has 2 aromatic carbocycles. The number of aliphatic carboxylic acids is 1. The highest BCUT2D eigenvalue weighted by atomic mass is 16.7. The Labute approximate surface area is 257 Å². The number of carboxylic acids is 1. The van der Waals surface area contributed by atoms with Crippen LogP contribution in [0, 0.1) is 0 Å². The number of fused-ring (bicyclic) bond motifs is 1. The van der Waals surface area contributed by atoms with Crippen molar-refractivity contribution >= 4 is 22.9 Å². The van der Waals surface area contributed by atoms with E-state index in [0.29, 0.717) is 0 Å². The molecule has 0 bridgehead atoms. The number of phenols is 3. The van der Waals surface area contributed by atoms with E-state index in [1.807, 2.05) is 0 Å². The zero-order chi connectivity index (χ0) is 33.4. The number of benzene rings is 2. The van der Waals surface area contributed by atoms with Crippen molar-refractivity contribution in [2.45, 2.75) is 61.5 Å². The fourth-order valence-corrected chi connectivity index (χ4v) is 5.23. The molecule has 3 aromatic rings. The average molecular weight is 651 g/mol. The molecular weight excluding hydrogens is 620 g/mol. The third-order valence-electron chi connectivity index (χ3n) is 7.57. The fraction of sp³-hybridized carbons (Fsp3) is 0.414. The number of hydrogen-bond acceptors (Lipinski definition) is 16. The quantitative estimate of drug-likeness (QED) is 0.0998. The summed E-state index contributed by atoms with van der Waals surface area (Å²) in [5.41, 5.74) is -1.40. The molecule has 17 heteroatoms. The Kier molecular flexibility index (Phi) is 9.47. The van der Waals surface area contributed by atoms with E-state index in [2.05, 4.69) is 0 Å². The molecule has 0 radical (unpaired) electrons. The number of aliphatic hydroxyl groups is 5. The molecule has 9 N–H and O–H groups in total. The first-order chi connectivity index (χ1) is 21.8. The molecule has 2 saturated heterocycles. The molecule has 248 valence electrons. The van der Waals surface area contributed by atoms with Gasteiger partial charge in [-0.25, -0.2) is 0 Å². The number of phenolic OH excluding ortho intramolecular Hbond substituents is 3. The minimum atomic E-state index is -2.00. The van der Waals surface area contributed by atoms with Crippen LogP contribution >= 0.6 is 0 Å². The van der Waals surface area contributed by atoms with Gasteiger partial charge in [0.2, 0.25) is 0 Å². The van der Waals surface area contributed by atoms with Crippen LogP contribution in [0.3, 0.4) is 0 Å². The molecule has 46 heavy (non-hydrogen) atoms. The van der Waals surface area contributed by atoms with Crippen LogP contribution in [0.5, 0.6) is 17.2 Å². The second-order valence-corrected chi connectivity index (χ2v) is 10.7. The van der Waals surface area contributed by atoms with Gasteiger partial charge in [0.25, 0.3) is 0 Å². The largest absolute Gasteiger partial charge is 0.508 e. The highest BCUT2D eigenvalue weighted by Gasteiger charge is 2.51. The smallest absolute Gasteiger partial charge is 0.317 e. The van der Waals surface area contributed by atoms with Crippen molar-refractivity contribution in [3.05, 3.63) is 52.2 Å². The fourth-order valence-electron chi connectivity index (χ4n) is 5.23. The molecule has 2 aliphatic rings. The maximum Gasteiger partial charge on any atom is 0.317 e. The van der Waals surface area contributed by atoms with Gasteiger partial charge in [-0.05, 0) is 24.3 Å². The van der Waals surface area contributed by atoms with E-state index in [-0.39, 0.29) is 17.1 Å². The molecule has 17 nitrogen and oxygen atoms in total. The molecule has 0 aliphatic carbocycles. The van der Waals surface area contributed by atoms with Gasteiger partial charge in [-0.1, -0.05) is 0 Å². The summed E-state index contributed by atoms with van der Waals surface area (Å²) in [4.78, 5) is 36.0. The molecule has 5 rings (SSSR count). The highest BCUT2D eigenvalue weighted by molar-refractivity contribution is 5.90. The molecule has 0 saturated carbocycles. The summed E-state index contributed by atoms with van der Waals surface area (Å²) in [6.07, 6.45) is -17.0. The Morgan fingerprint density at radius 1 is 0.891 bits per heavy atom. The van der Waals surface area contributed by atoms with Gasteiger partial charge >= 0.3 is 11.9 Å². The van der Waals surface area contributed by atoms with Crippen LogP contribution < -0.4 is 5.43 Å². The van der Waals surface area contributed by atoms with Crippen LogP contribution in [0.25, 0.3) is 22.3 Å². The lowest BCUT2D eigenvalue weighted by molar-refractivity contribution is -0.325. The molecule has 0 amide bonds. The van der Waals surface area contributed by atoms with Crippen LogP contribution in [0.2, 0.25) is 0 Å². The van der Waals surface area contributed by atoms with E-state index in [1.165, 1.54) is 24.3 Å². The standard InChI is InChI=1S/C29H30O17/c30-11-3-1-10(2-4-11)16-6-14(33)20-12(31)5-13(32)21(26(20)44-16)27-28(46-29-25(41)22(38)15(34)8-43-29)24(40)23(39)17(45-27)9-42-19(37)7-18(35)36/h1-6,15,17,22-25,27-32,34,38-41H,7-9H2,(H,35,36)/t15-,17-,22+,23-,24+,25-,27+,28-,29+/m1/s1. The third-order valence-corrected chi connectivity index (χ3v) is 7.57. The number of rotatable bonds is 8. The van der Waals surface area contributed by atoms with Crippen molar-refractivity contribution in [1.29, 1.82) is 0 Å². The van der Waals surface area contributed by atoms with Crippen molar-refractivity contribution in [2.24, 2.45) is 0 Å². The van der Waals surface area contributed by atoms with Gasteiger partial charge in [0.1, 0.15) is 90.3 Å². The second kappa shape index (κ2) is 13.2. The van der Waals surface area contributed by atoms with Gasteiger partial charge in [0.15, 0.2) is 17.3 Å². The summed E-state index contributed by atoms with van der Waals surface area (Å²) >= 11 is 0. The summed E-state index contributed by atoms with van der Waals surface area (Å²) < 4.78 is 27.8.